The second kappa shape index (κ2) is 7.61. The molecule has 0 bridgehead atoms. The average molecular weight is 351 g/mol. The summed E-state index contributed by atoms with van der Waals surface area (Å²) in [5.74, 6) is -0.710. The number of rotatable bonds is 6. The molecule has 1 N–H and O–H groups in total. The van der Waals surface area contributed by atoms with Gasteiger partial charge in [0.15, 0.2) is 0 Å². The van der Waals surface area contributed by atoms with Crippen LogP contribution in [0.15, 0.2) is 29.2 Å². The summed E-state index contributed by atoms with van der Waals surface area (Å²) in [4.78, 5) is 25.6. The Morgan fingerprint density at radius 2 is 2.26 bits per heavy atom. The molecule has 0 aromatic heterocycles. The van der Waals surface area contributed by atoms with Crippen LogP contribution in [-0.4, -0.2) is 39.4 Å². The molecule has 0 radical (unpaired) electrons. The normalized spacial score (nSPS) is 17.7. The van der Waals surface area contributed by atoms with E-state index >= 15 is 0 Å². The van der Waals surface area contributed by atoms with Crippen molar-refractivity contribution in [2.75, 3.05) is 7.11 Å². The quantitative estimate of drug-likeness (QED) is 0.627. The lowest BCUT2D eigenvalue weighted by Gasteiger charge is -2.22. The number of hydrogen-bond acceptors (Lipinski definition) is 5. The Morgan fingerprint density at radius 3 is 2.87 bits per heavy atom. The summed E-state index contributed by atoms with van der Waals surface area (Å²) < 4.78 is 5.44. The molecule has 1 saturated heterocycles. The molecule has 1 heterocycles. The Hall–Kier alpha value is -1.86. The van der Waals surface area contributed by atoms with Crippen LogP contribution < -0.4 is 4.74 Å². The zero-order valence-corrected chi connectivity index (χ0v) is 14.4. The minimum absolute atomic E-state index is 0.282. The molecule has 1 aromatic rings. The van der Waals surface area contributed by atoms with E-state index in [9.17, 15) is 14.7 Å². The van der Waals surface area contributed by atoms with E-state index in [0.29, 0.717) is 23.5 Å². The maximum Gasteiger partial charge on any atom is 0.326 e. The fraction of sp³-hybridized carbons (Fsp3) is 0.312. The zero-order chi connectivity index (χ0) is 17.0. The highest BCUT2D eigenvalue weighted by atomic mass is 32.2. The predicted molar refractivity (Wildman–Crippen MR) is 94.3 cm³/mol. The summed E-state index contributed by atoms with van der Waals surface area (Å²) in [5, 5.41) is 9.35. The topological polar surface area (TPSA) is 66.8 Å². The van der Waals surface area contributed by atoms with Crippen molar-refractivity contribution in [1.29, 1.82) is 0 Å². The molecule has 1 fully saturated rings. The number of carbonyl (C=O) groups excluding carboxylic acids is 1. The summed E-state index contributed by atoms with van der Waals surface area (Å²) >= 11 is 6.33. The molecular formula is C16H17NO4S2. The molecule has 1 atom stereocenters. The van der Waals surface area contributed by atoms with Gasteiger partial charge in [-0.05, 0) is 30.2 Å². The first-order chi connectivity index (χ1) is 11.0. The van der Waals surface area contributed by atoms with Crippen LogP contribution in [0.5, 0.6) is 5.75 Å². The average Bonchev–Trinajstić information content (AvgIpc) is 2.79. The number of nitrogens with zero attached hydrogens (tertiary/aromatic N) is 1. The molecule has 1 aromatic carbocycles. The van der Waals surface area contributed by atoms with Crippen molar-refractivity contribution in [3.05, 3.63) is 34.7 Å². The van der Waals surface area contributed by atoms with Crippen LogP contribution in [-0.2, 0) is 9.59 Å². The van der Waals surface area contributed by atoms with Gasteiger partial charge in [0.2, 0.25) is 0 Å². The minimum atomic E-state index is -1.04. The lowest BCUT2D eigenvalue weighted by molar-refractivity contribution is -0.145. The van der Waals surface area contributed by atoms with E-state index in [2.05, 4.69) is 0 Å². The molecular weight excluding hydrogens is 334 g/mol. The molecule has 23 heavy (non-hydrogen) atoms. The summed E-state index contributed by atoms with van der Waals surface area (Å²) in [6, 6.07) is 6.36. The standard InChI is InChI=1S/C16H17NO4S2/c1-3-5-12(15(19)20)17-14(18)13(23-16(17)22)9-10-6-4-7-11(8-10)21-2/h4,6-9,12H,3,5H2,1-2H3,(H,19,20)/b13-9-/t12-/m0/s1. The second-order valence-electron chi connectivity index (χ2n) is 4.97. The van der Waals surface area contributed by atoms with E-state index in [-0.39, 0.29) is 10.2 Å². The van der Waals surface area contributed by atoms with Crippen molar-refractivity contribution in [3.63, 3.8) is 0 Å². The third-order valence-corrected chi connectivity index (χ3v) is 4.70. The molecule has 2 rings (SSSR count). The highest BCUT2D eigenvalue weighted by molar-refractivity contribution is 8.26. The van der Waals surface area contributed by atoms with Gasteiger partial charge >= 0.3 is 5.97 Å². The van der Waals surface area contributed by atoms with Gasteiger partial charge < -0.3 is 9.84 Å². The van der Waals surface area contributed by atoms with Crippen molar-refractivity contribution in [1.82, 2.24) is 4.90 Å². The Bertz CT molecular complexity index is 672. The van der Waals surface area contributed by atoms with Gasteiger partial charge in [0.05, 0.1) is 12.0 Å². The molecule has 0 saturated carbocycles. The molecule has 1 aliphatic rings. The third-order valence-electron chi connectivity index (χ3n) is 3.37. The number of amides is 1. The maximum absolute atomic E-state index is 12.6. The molecule has 0 aliphatic carbocycles. The van der Waals surface area contributed by atoms with E-state index in [4.69, 9.17) is 17.0 Å². The van der Waals surface area contributed by atoms with Crippen molar-refractivity contribution in [2.24, 2.45) is 0 Å². The van der Waals surface area contributed by atoms with Crippen LogP contribution in [0.25, 0.3) is 6.08 Å². The highest BCUT2D eigenvalue weighted by Crippen LogP contribution is 2.35. The number of methoxy groups -OCH3 is 1. The molecule has 0 spiro atoms. The van der Waals surface area contributed by atoms with Gasteiger partial charge in [-0.2, -0.15) is 0 Å². The van der Waals surface area contributed by atoms with Crippen LogP contribution in [0.2, 0.25) is 0 Å². The number of hydrogen-bond donors (Lipinski definition) is 1. The van der Waals surface area contributed by atoms with Gasteiger partial charge in [-0.1, -0.05) is 49.5 Å². The minimum Gasteiger partial charge on any atom is -0.497 e. The summed E-state index contributed by atoms with van der Waals surface area (Å²) in [5.41, 5.74) is 0.798. The smallest absolute Gasteiger partial charge is 0.326 e. The third kappa shape index (κ3) is 3.92. The van der Waals surface area contributed by atoms with Crippen LogP contribution in [0.4, 0.5) is 0 Å². The summed E-state index contributed by atoms with van der Waals surface area (Å²) in [6.45, 7) is 1.87. The van der Waals surface area contributed by atoms with Crippen LogP contribution in [0, 0.1) is 0 Å². The van der Waals surface area contributed by atoms with Crippen molar-refractivity contribution in [2.45, 2.75) is 25.8 Å². The number of carboxylic acid groups (broad SMARTS) is 1. The zero-order valence-electron chi connectivity index (χ0n) is 12.8. The van der Waals surface area contributed by atoms with Crippen molar-refractivity contribution in [3.8, 4) is 5.75 Å². The van der Waals surface area contributed by atoms with E-state index in [0.717, 1.165) is 17.3 Å². The van der Waals surface area contributed by atoms with Gasteiger partial charge in [-0.15, -0.1) is 0 Å². The van der Waals surface area contributed by atoms with Gasteiger partial charge in [-0.25, -0.2) is 4.79 Å². The van der Waals surface area contributed by atoms with Crippen molar-refractivity contribution < 1.29 is 19.4 Å². The van der Waals surface area contributed by atoms with E-state index in [1.165, 1.54) is 4.90 Å². The molecule has 0 unspecified atom stereocenters. The lowest BCUT2D eigenvalue weighted by atomic mass is 10.1. The highest BCUT2D eigenvalue weighted by Gasteiger charge is 2.39. The maximum atomic E-state index is 12.6. The van der Waals surface area contributed by atoms with Crippen molar-refractivity contribution >= 4 is 46.3 Å². The van der Waals surface area contributed by atoms with Gasteiger partial charge in [0.1, 0.15) is 16.1 Å². The second-order valence-corrected chi connectivity index (χ2v) is 6.65. The number of thioether (sulfide) groups is 1. The summed E-state index contributed by atoms with van der Waals surface area (Å²) in [7, 11) is 1.57. The fourth-order valence-corrected chi connectivity index (χ4v) is 3.62. The fourth-order valence-electron chi connectivity index (χ4n) is 2.27. The number of aliphatic carboxylic acids is 1. The number of ether oxygens (including phenoxy) is 1. The number of thiocarbonyl (C=S) groups is 1. The van der Waals surface area contributed by atoms with E-state index in [1.807, 2.05) is 25.1 Å². The number of carboxylic acids is 1. The van der Waals surface area contributed by atoms with Gasteiger partial charge in [0, 0.05) is 0 Å². The lowest BCUT2D eigenvalue weighted by Crippen LogP contribution is -2.43. The SMILES string of the molecule is CCC[C@@H](C(=O)O)N1C(=O)/C(=C/c2cccc(OC)c2)SC1=S. The molecule has 122 valence electrons. The monoisotopic (exact) mass is 351 g/mol. The van der Waals surface area contributed by atoms with Crippen LogP contribution in [0.1, 0.15) is 25.3 Å². The Labute approximate surface area is 144 Å². The largest absolute Gasteiger partial charge is 0.497 e. The molecule has 1 aliphatic heterocycles. The van der Waals surface area contributed by atoms with Crippen LogP contribution >= 0.6 is 24.0 Å². The Morgan fingerprint density at radius 1 is 1.52 bits per heavy atom. The van der Waals surface area contributed by atoms with Crippen LogP contribution in [0.3, 0.4) is 0 Å². The first kappa shape index (κ1) is 17.5. The predicted octanol–water partition coefficient (Wildman–Crippen LogP) is 3.15. The number of carbonyl (C=O) groups is 2. The first-order valence-electron chi connectivity index (χ1n) is 7.11. The number of benzene rings is 1. The summed E-state index contributed by atoms with van der Waals surface area (Å²) in [6.07, 6.45) is 2.73. The Kier molecular flexibility index (Phi) is 5.79. The van der Waals surface area contributed by atoms with Gasteiger partial charge in [0.25, 0.3) is 5.91 Å². The molecule has 5 nitrogen and oxygen atoms in total. The first-order valence-corrected chi connectivity index (χ1v) is 8.34. The Balaban J connectivity index is 2.29. The van der Waals surface area contributed by atoms with E-state index < -0.39 is 12.0 Å². The molecule has 1 amide bonds. The van der Waals surface area contributed by atoms with E-state index in [1.54, 1.807) is 19.3 Å². The molecule has 7 heteroatoms. The van der Waals surface area contributed by atoms with Gasteiger partial charge in [-0.3, -0.25) is 9.69 Å².